The van der Waals surface area contributed by atoms with Crippen LogP contribution in [0.25, 0.3) is 0 Å². The monoisotopic (exact) mass is 360 g/mol. The number of aliphatic hydroxyl groups is 1. The molecule has 0 aromatic carbocycles. The van der Waals surface area contributed by atoms with Crippen molar-refractivity contribution in [3.8, 4) is 0 Å². The van der Waals surface area contributed by atoms with Gasteiger partial charge in [-0.15, -0.1) is 0 Å². The number of fused-ring (bicyclic) bond motifs is 2. The molecule has 4 atom stereocenters. The van der Waals surface area contributed by atoms with Crippen molar-refractivity contribution in [1.29, 1.82) is 0 Å². The first kappa shape index (κ1) is 19.1. The van der Waals surface area contributed by atoms with E-state index in [2.05, 4.69) is 6.58 Å². The molecule has 0 aromatic rings. The molecule has 3 nitrogen and oxygen atoms in total. The van der Waals surface area contributed by atoms with Crippen molar-refractivity contribution in [2.45, 2.75) is 56.7 Å². The molecule has 0 aromatic heterocycles. The van der Waals surface area contributed by atoms with Crippen molar-refractivity contribution in [2.24, 2.45) is 17.8 Å². The molecule has 2 bridgehead atoms. The number of carbonyl (C=O) groups excluding carboxylic acids is 1. The minimum Gasteiger partial charge on any atom is -0.458 e. The Kier molecular flexibility index (Phi) is 4.71. The third-order valence-corrected chi connectivity index (χ3v) is 5.07. The Morgan fingerprint density at radius 3 is 2.08 bits per heavy atom. The number of alkyl halides is 6. The maximum absolute atomic E-state index is 12.9. The summed E-state index contributed by atoms with van der Waals surface area (Å²) in [6.45, 7) is 4.69. The van der Waals surface area contributed by atoms with Gasteiger partial charge in [0.05, 0.1) is 0 Å². The average Bonchev–Trinajstić information content (AvgIpc) is 2.98. The quantitative estimate of drug-likeness (QED) is 0.472. The second-order valence-electron chi connectivity index (χ2n) is 6.71. The first-order valence-corrected chi connectivity index (χ1v) is 7.50. The molecule has 0 amide bonds. The molecule has 1 N–H and O–H groups in total. The van der Waals surface area contributed by atoms with Crippen molar-refractivity contribution in [3.05, 3.63) is 12.2 Å². The topological polar surface area (TPSA) is 46.5 Å². The Bertz CT molecular complexity index is 510. The molecule has 2 fully saturated rings. The van der Waals surface area contributed by atoms with Gasteiger partial charge in [0, 0.05) is 17.9 Å². The van der Waals surface area contributed by atoms with E-state index >= 15 is 0 Å². The van der Waals surface area contributed by atoms with Crippen LogP contribution in [0.2, 0.25) is 0 Å². The number of hydrogen-bond acceptors (Lipinski definition) is 3. The van der Waals surface area contributed by atoms with Crippen molar-refractivity contribution in [2.75, 3.05) is 0 Å². The highest BCUT2D eigenvalue weighted by molar-refractivity contribution is 5.87. The molecule has 2 rings (SSSR count). The Morgan fingerprint density at radius 2 is 1.62 bits per heavy atom. The van der Waals surface area contributed by atoms with Crippen molar-refractivity contribution in [3.63, 3.8) is 0 Å². The van der Waals surface area contributed by atoms with Crippen LogP contribution in [0.4, 0.5) is 26.3 Å². The predicted octanol–water partition coefficient (Wildman–Crippen LogP) is 3.77. The van der Waals surface area contributed by atoms with Crippen LogP contribution < -0.4 is 0 Å². The van der Waals surface area contributed by atoms with Crippen LogP contribution in [0.1, 0.15) is 32.6 Å². The maximum atomic E-state index is 12.9. The molecule has 2 aliphatic rings. The molecule has 138 valence electrons. The number of carbonyl (C=O) groups is 1. The number of halogens is 6. The second-order valence-corrected chi connectivity index (χ2v) is 6.71. The number of ether oxygens (including phenoxy) is 1. The van der Waals surface area contributed by atoms with Crippen LogP contribution in [-0.4, -0.2) is 35.1 Å². The van der Waals surface area contributed by atoms with Crippen LogP contribution in [0, 0.1) is 17.8 Å². The molecule has 0 radical (unpaired) electrons. The van der Waals surface area contributed by atoms with Gasteiger partial charge in [-0.3, -0.25) is 0 Å². The fraction of sp³-hybridized carbons (Fsp3) is 0.800. The Hall–Kier alpha value is -1.25. The van der Waals surface area contributed by atoms with Gasteiger partial charge in [-0.2, -0.15) is 26.3 Å². The third kappa shape index (κ3) is 3.14. The fourth-order valence-electron chi connectivity index (χ4n) is 3.78. The standard InChI is InChI=1S/C15H18F6O3/c1-7(2)12(22)24-11-9-4-3-8(5-9)10(11)6-13(23,14(16,17)18)15(19,20)21/h8-11,23H,1,3-6H2,2H3/t8-,9-,10+,11+/m0/s1. The van der Waals surface area contributed by atoms with Crippen LogP contribution in [0.5, 0.6) is 0 Å². The molecule has 2 saturated carbocycles. The van der Waals surface area contributed by atoms with Gasteiger partial charge < -0.3 is 9.84 Å². The Balaban J connectivity index is 2.27. The summed E-state index contributed by atoms with van der Waals surface area (Å²) in [5.74, 6) is -2.76. The molecular formula is C15H18F6O3. The summed E-state index contributed by atoms with van der Waals surface area (Å²) in [5.41, 5.74) is -4.80. The molecular weight excluding hydrogens is 342 g/mol. The zero-order chi connectivity index (χ0) is 18.5. The summed E-state index contributed by atoms with van der Waals surface area (Å²) in [4.78, 5) is 11.7. The molecule has 0 unspecified atom stereocenters. The lowest BCUT2D eigenvalue weighted by Crippen LogP contribution is -2.59. The normalized spacial score (nSPS) is 30.5. The molecule has 0 spiro atoms. The summed E-state index contributed by atoms with van der Waals surface area (Å²) in [7, 11) is 0. The number of esters is 1. The minimum absolute atomic E-state index is 0.0124. The maximum Gasteiger partial charge on any atom is 0.426 e. The molecule has 0 heterocycles. The largest absolute Gasteiger partial charge is 0.458 e. The Morgan fingerprint density at radius 1 is 1.12 bits per heavy atom. The zero-order valence-electron chi connectivity index (χ0n) is 12.9. The first-order chi connectivity index (χ1) is 10.8. The van der Waals surface area contributed by atoms with E-state index in [1.165, 1.54) is 6.92 Å². The molecule has 2 aliphatic carbocycles. The van der Waals surface area contributed by atoms with Crippen molar-refractivity contribution >= 4 is 5.97 Å². The summed E-state index contributed by atoms with van der Waals surface area (Å²) in [5, 5.41) is 9.43. The number of rotatable bonds is 4. The van der Waals surface area contributed by atoms with Crippen LogP contribution >= 0.6 is 0 Å². The first-order valence-electron chi connectivity index (χ1n) is 7.50. The highest BCUT2D eigenvalue weighted by Gasteiger charge is 2.72. The van der Waals surface area contributed by atoms with E-state index in [1.54, 1.807) is 0 Å². The highest BCUT2D eigenvalue weighted by Crippen LogP contribution is 2.56. The number of hydrogen-bond donors (Lipinski definition) is 1. The summed E-state index contributed by atoms with van der Waals surface area (Å²) in [6.07, 6.45) is -12.9. The minimum atomic E-state index is -5.87. The van der Waals surface area contributed by atoms with Gasteiger partial charge in [0.1, 0.15) is 6.10 Å². The Labute approximate surface area is 134 Å². The van der Waals surface area contributed by atoms with Crippen LogP contribution in [0.3, 0.4) is 0 Å². The molecule has 0 aliphatic heterocycles. The average molecular weight is 360 g/mol. The third-order valence-electron chi connectivity index (χ3n) is 5.07. The lowest BCUT2D eigenvalue weighted by atomic mass is 9.78. The van der Waals surface area contributed by atoms with E-state index < -0.39 is 48.3 Å². The summed E-state index contributed by atoms with van der Waals surface area (Å²) >= 11 is 0. The SMILES string of the molecule is C=C(C)C(=O)O[C@@H]1[C@H]2CC[C@@H](C2)[C@H]1CC(O)(C(F)(F)F)C(F)(F)F. The van der Waals surface area contributed by atoms with Gasteiger partial charge in [-0.05, 0) is 38.0 Å². The van der Waals surface area contributed by atoms with Crippen molar-refractivity contribution in [1.82, 2.24) is 0 Å². The fourth-order valence-corrected chi connectivity index (χ4v) is 3.78. The predicted molar refractivity (Wildman–Crippen MR) is 70.7 cm³/mol. The van der Waals surface area contributed by atoms with Crippen molar-refractivity contribution < 1.29 is 41.0 Å². The molecule has 24 heavy (non-hydrogen) atoms. The zero-order valence-corrected chi connectivity index (χ0v) is 12.9. The van der Waals surface area contributed by atoms with Crippen LogP contribution in [0.15, 0.2) is 12.2 Å². The van der Waals surface area contributed by atoms with Gasteiger partial charge >= 0.3 is 18.3 Å². The smallest absolute Gasteiger partial charge is 0.426 e. The van der Waals surface area contributed by atoms with Gasteiger partial charge in [0.25, 0.3) is 5.60 Å². The molecule has 0 saturated heterocycles. The molecule has 9 heteroatoms. The van der Waals surface area contributed by atoms with Gasteiger partial charge in [0.15, 0.2) is 0 Å². The van der Waals surface area contributed by atoms with E-state index in [1.807, 2.05) is 0 Å². The lowest BCUT2D eigenvalue weighted by Gasteiger charge is -2.38. The summed E-state index contributed by atoms with van der Waals surface area (Å²) < 4.78 is 82.6. The van der Waals surface area contributed by atoms with E-state index in [4.69, 9.17) is 4.74 Å². The highest BCUT2D eigenvalue weighted by atomic mass is 19.4. The van der Waals surface area contributed by atoms with E-state index in [0.29, 0.717) is 19.3 Å². The second kappa shape index (κ2) is 5.93. The lowest BCUT2D eigenvalue weighted by molar-refractivity contribution is -0.374. The van der Waals surface area contributed by atoms with Crippen LogP contribution in [-0.2, 0) is 9.53 Å². The van der Waals surface area contributed by atoms with Gasteiger partial charge in [0.2, 0.25) is 0 Å². The summed E-state index contributed by atoms with van der Waals surface area (Å²) in [6, 6.07) is 0. The van der Waals surface area contributed by atoms with E-state index in [9.17, 15) is 36.2 Å². The van der Waals surface area contributed by atoms with Gasteiger partial charge in [-0.25, -0.2) is 4.79 Å². The van der Waals surface area contributed by atoms with Gasteiger partial charge in [-0.1, -0.05) is 6.58 Å². The van der Waals surface area contributed by atoms with E-state index in [-0.39, 0.29) is 11.5 Å². The van der Waals surface area contributed by atoms with E-state index in [0.717, 1.165) is 0 Å².